The van der Waals surface area contributed by atoms with Crippen molar-refractivity contribution in [3.63, 3.8) is 0 Å². The molecule has 0 saturated carbocycles. The molecule has 2 aromatic carbocycles. The Balaban J connectivity index is 1.76. The SMILES string of the molecule is Cc1cccc(NC(=O)c2cnc(N(C)c3ccccc3)cn2)c1C. The smallest absolute Gasteiger partial charge is 0.275 e. The topological polar surface area (TPSA) is 58.1 Å². The molecular formula is C20H20N4O. The number of aryl methyl sites for hydroxylation is 1. The highest BCUT2D eigenvalue weighted by molar-refractivity contribution is 6.03. The van der Waals surface area contributed by atoms with E-state index in [1.54, 1.807) is 6.20 Å². The van der Waals surface area contributed by atoms with Crippen molar-refractivity contribution in [3.05, 3.63) is 77.7 Å². The fourth-order valence-corrected chi connectivity index (χ4v) is 2.47. The molecule has 0 fully saturated rings. The number of aromatic nitrogens is 2. The molecule has 1 aromatic heterocycles. The maximum absolute atomic E-state index is 12.4. The van der Waals surface area contributed by atoms with Crippen LogP contribution in [0.4, 0.5) is 17.2 Å². The number of nitrogens with one attached hydrogen (secondary N) is 1. The zero-order valence-corrected chi connectivity index (χ0v) is 14.5. The van der Waals surface area contributed by atoms with E-state index in [1.165, 1.54) is 6.20 Å². The standard InChI is InChI=1S/C20H20N4O/c1-14-8-7-11-17(15(14)2)23-20(25)18-12-22-19(13-21-18)24(3)16-9-5-4-6-10-16/h4-13H,1-3H3,(H,23,25). The second kappa shape index (κ2) is 7.13. The van der Waals surface area contributed by atoms with E-state index in [0.29, 0.717) is 5.82 Å². The first kappa shape index (κ1) is 16.6. The maximum atomic E-state index is 12.4. The zero-order valence-electron chi connectivity index (χ0n) is 14.5. The van der Waals surface area contributed by atoms with Crippen molar-refractivity contribution >= 4 is 23.1 Å². The Morgan fingerprint density at radius 2 is 1.72 bits per heavy atom. The van der Waals surface area contributed by atoms with E-state index in [0.717, 1.165) is 22.5 Å². The molecule has 5 nitrogen and oxygen atoms in total. The molecule has 0 atom stereocenters. The quantitative estimate of drug-likeness (QED) is 0.781. The summed E-state index contributed by atoms with van der Waals surface area (Å²) in [6.07, 6.45) is 3.10. The number of para-hydroxylation sites is 1. The van der Waals surface area contributed by atoms with Gasteiger partial charge in [0.2, 0.25) is 0 Å². The largest absolute Gasteiger partial charge is 0.328 e. The molecule has 0 radical (unpaired) electrons. The summed E-state index contributed by atoms with van der Waals surface area (Å²) >= 11 is 0. The van der Waals surface area contributed by atoms with Gasteiger partial charge in [-0.2, -0.15) is 0 Å². The van der Waals surface area contributed by atoms with Gasteiger partial charge in [0.15, 0.2) is 5.82 Å². The van der Waals surface area contributed by atoms with Crippen LogP contribution in [0.3, 0.4) is 0 Å². The third-order valence-corrected chi connectivity index (χ3v) is 4.21. The number of carbonyl (C=O) groups excluding carboxylic acids is 1. The normalized spacial score (nSPS) is 10.4. The minimum Gasteiger partial charge on any atom is -0.328 e. The summed E-state index contributed by atoms with van der Waals surface area (Å²) in [6, 6.07) is 15.7. The summed E-state index contributed by atoms with van der Waals surface area (Å²) < 4.78 is 0. The van der Waals surface area contributed by atoms with E-state index in [9.17, 15) is 4.79 Å². The highest BCUT2D eigenvalue weighted by Crippen LogP contribution is 2.21. The number of amides is 1. The number of hydrogen-bond acceptors (Lipinski definition) is 4. The summed E-state index contributed by atoms with van der Waals surface area (Å²) in [7, 11) is 1.91. The molecule has 0 unspecified atom stereocenters. The van der Waals surface area contributed by atoms with Crippen molar-refractivity contribution in [1.82, 2.24) is 9.97 Å². The summed E-state index contributed by atoms with van der Waals surface area (Å²) in [5, 5.41) is 2.89. The molecule has 1 amide bonds. The predicted octanol–water partition coefficient (Wildman–Crippen LogP) is 4.11. The van der Waals surface area contributed by atoms with Crippen molar-refractivity contribution in [3.8, 4) is 0 Å². The van der Waals surface area contributed by atoms with Gasteiger partial charge in [-0.25, -0.2) is 9.97 Å². The van der Waals surface area contributed by atoms with E-state index in [-0.39, 0.29) is 11.6 Å². The van der Waals surface area contributed by atoms with E-state index in [4.69, 9.17) is 0 Å². The zero-order chi connectivity index (χ0) is 17.8. The van der Waals surface area contributed by atoms with Gasteiger partial charge in [-0.15, -0.1) is 0 Å². The molecule has 1 N–H and O–H groups in total. The Morgan fingerprint density at radius 1 is 0.960 bits per heavy atom. The average Bonchev–Trinajstić information content (AvgIpc) is 2.65. The molecule has 3 rings (SSSR count). The van der Waals surface area contributed by atoms with Gasteiger partial charge < -0.3 is 10.2 Å². The number of carbonyl (C=O) groups is 1. The van der Waals surface area contributed by atoms with Gasteiger partial charge in [-0.1, -0.05) is 30.3 Å². The van der Waals surface area contributed by atoms with E-state index < -0.39 is 0 Å². The second-order valence-corrected chi connectivity index (χ2v) is 5.86. The van der Waals surface area contributed by atoms with Crippen LogP contribution in [-0.4, -0.2) is 22.9 Å². The Kier molecular flexibility index (Phi) is 4.75. The first-order valence-corrected chi connectivity index (χ1v) is 8.04. The molecule has 1 heterocycles. The van der Waals surface area contributed by atoms with Crippen molar-refractivity contribution in [2.45, 2.75) is 13.8 Å². The average molecular weight is 332 g/mol. The van der Waals surface area contributed by atoms with Crippen molar-refractivity contribution in [2.75, 3.05) is 17.3 Å². The highest BCUT2D eigenvalue weighted by atomic mass is 16.1. The predicted molar refractivity (Wildman–Crippen MR) is 100 cm³/mol. The monoisotopic (exact) mass is 332 g/mol. The number of nitrogens with zero attached hydrogens (tertiary/aromatic N) is 3. The lowest BCUT2D eigenvalue weighted by Gasteiger charge is -2.17. The second-order valence-electron chi connectivity index (χ2n) is 5.86. The molecule has 0 aliphatic carbocycles. The lowest BCUT2D eigenvalue weighted by Crippen LogP contribution is -2.17. The molecule has 0 saturated heterocycles. The lowest BCUT2D eigenvalue weighted by molar-refractivity contribution is 0.102. The van der Waals surface area contributed by atoms with E-state index in [2.05, 4.69) is 15.3 Å². The first-order chi connectivity index (χ1) is 12.1. The molecule has 126 valence electrons. The van der Waals surface area contributed by atoms with Crippen LogP contribution in [-0.2, 0) is 0 Å². The Labute approximate surface area is 147 Å². The first-order valence-electron chi connectivity index (χ1n) is 8.04. The molecule has 0 aliphatic rings. The van der Waals surface area contributed by atoms with Crippen LogP contribution in [0.25, 0.3) is 0 Å². The minimum absolute atomic E-state index is 0.268. The van der Waals surface area contributed by atoms with Crippen LogP contribution in [0, 0.1) is 13.8 Å². The summed E-state index contributed by atoms with van der Waals surface area (Å²) in [4.78, 5) is 22.9. The molecule has 25 heavy (non-hydrogen) atoms. The van der Waals surface area contributed by atoms with Gasteiger partial charge in [-0.05, 0) is 43.2 Å². The van der Waals surface area contributed by atoms with Crippen LogP contribution in [0.1, 0.15) is 21.6 Å². The van der Waals surface area contributed by atoms with Crippen LogP contribution < -0.4 is 10.2 Å². The molecule has 0 bridgehead atoms. The third kappa shape index (κ3) is 3.66. The summed E-state index contributed by atoms with van der Waals surface area (Å²) in [6.45, 7) is 3.99. The number of rotatable bonds is 4. The van der Waals surface area contributed by atoms with Gasteiger partial charge in [0, 0.05) is 18.4 Å². The van der Waals surface area contributed by atoms with Gasteiger partial charge >= 0.3 is 0 Å². The maximum Gasteiger partial charge on any atom is 0.275 e. The van der Waals surface area contributed by atoms with Crippen LogP contribution in [0.15, 0.2) is 60.9 Å². The highest BCUT2D eigenvalue weighted by Gasteiger charge is 2.12. The third-order valence-electron chi connectivity index (χ3n) is 4.21. The molecule has 5 heteroatoms. The minimum atomic E-state index is -0.268. The van der Waals surface area contributed by atoms with Crippen molar-refractivity contribution < 1.29 is 4.79 Å². The fraction of sp³-hybridized carbons (Fsp3) is 0.150. The van der Waals surface area contributed by atoms with E-state index in [1.807, 2.05) is 74.3 Å². The molecule has 0 spiro atoms. The molecule has 3 aromatic rings. The van der Waals surface area contributed by atoms with Crippen LogP contribution in [0.2, 0.25) is 0 Å². The van der Waals surface area contributed by atoms with Gasteiger partial charge in [-0.3, -0.25) is 4.79 Å². The van der Waals surface area contributed by atoms with E-state index >= 15 is 0 Å². The fourth-order valence-electron chi connectivity index (χ4n) is 2.47. The number of hydrogen-bond donors (Lipinski definition) is 1. The molecular weight excluding hydrogens is 312 g/mol. The van der Waals surface area contributed by atoms with Gasteiger partial charge in [0.05, 0.1) is 12.4 Å². The van der Waals surface area contributed by atoms with Gasteiger partial charge in [0.1, 0.15) is 5.69 Å². The van der Waals surface area contributed by atoms with Crippen LogP contribution in [0.5, 0.6) is 0 Å². The summed E-state index contributed by atoms with van der Waals surface area (Å²) in [5.41, 5.74) is 4.25. The number of anilines is 3. The van der Waals surface area contributed by atoms with Crippen molar-refractivity contribution in [1.29, 1.82) is 0 Å². The van der Waals surface area contributed by atoms with Crippen molar-refractivity contribution in [2.24, 2.45) is 0 Å². The Hall–Kier alpha value is -3.21. The molecule has 0 aliphatic heterocycles. The Bertz CT molecular complexity index is 876. The lowest BCUT2D eigenvalue weighted by atomic mass is 10.1. The Morgan fingerprint density at radius 3 is 2.40 bits per heavy atom. The van der Waals surface area contributed by atoms with Crippen LogP contribution >= 0.6 is 0 Å². The van der Waals surface area contributed by atoms with Gasteiger partial charge in [0.25, 0.3) is 5.91 Å². The summed E-state index contributed by atoms with van der Waals surface area (Å²) in [5.74, 6) is 0.407. The number of benzene rings is 2.